The van der Waals surface area contributed by atoms with E-state index in [4.69, 9.17) is 12.3 Å². The SMILES string of the molecule is [2H]c1c([2H])c([2H])c2c(-c3cccc(-c4cccc(-n5c(C([2H])([2H])C([2H])([2H])[2H])nc6ccccc65)c4)c3)c3c([2H])c([2H])c([2H])c([2H])c3c(-c3ccc(-c4ccccc4)cc3)c2c1[2H]. The van der Waals surface area contributed by atoms with Crippen LogP contribution in [0.2, 0.25) is 0 Å². The Bertz CT molecular complexity index is 3200. The standard InChI is InChI=1S/C47H34N2/c1-2-45-48-43-24-10-11-25-44(43)49(45)38-19-13-17-36(31-38)35-16-12-18-37(30-35)47-41-22-8-6-20-39(41)46(40-21-7-9-23-42(40)47)34-28-26-33(27-29-34)32-14-4-3-5-15-32/h3-31H,2H2,1H3/i1D3,2D2,6D,7D,8D,9D,20D,21D,22D,23D. The molecule has 9 aromatic rings. The van der Waals surface area contributed by atoms with E-state index in [1.807, 2.05) is 54.6 Å². The van der Waals surface area contributed by atoms with Crippen LogP contribution < -0.4 is 0 Å². The van der Waals surface area contributed by atoms with Gasteiger partial charge in [-0.2, -0.15) is 0 Å². The number of nitrogens with zero attached hydrogens (tertiary/aromatic N) is 2. The van der Waals surface area contributed by atoms with Crippen molar-refractivity contribution in [3.63, 3.8) is 0 Å². The molecule has 1 aromatic heterocycles. The first-order valence-corrected chi connectivity index (χ1v) is 15.8. The highest BCUT2D eigenvalue weighted by Gasteiger charge is 2.17. The molecular formula is C47H34N2. The summed E-state index contributed by atoms with van der Waals surface area (Å²) in [7, 11) is 0. The average Bonchev–Trinajstić information content (AvgIpc) is 3.68. The molecule has 8 aromatic carbocycles. The highest BCUT2D eigenvalue weighted by atomic mass is 15.1. The summed E-state index contributed by atoms with van der Waals surface area (Å²) in [6.45, 7) is -3.03. The van der Waals surface area contributed by atoms with Crippen LogP contribution in [0.3, 0.4) is 0 Å². The van der Waals surface area contributed by atoms with E-state index >= 15 is 0 Å². The molecule has 9 rings (SSSR count). The maximum Gasteiger partial charge on any atom is 0.114 e. The van der Waals surface area contributed by atoms with Crippen molar-refractivity contribution in [1.82, 2.24) is 9.55 Å². The lowest BCUT2D eigenvalue weighted by molar-refractivity contribution is 0.908. The smallest absolute Gasteiger partial charge is 0.114 e. The Labute approximate surface area is 304 Å². The maximum atomic E-state index is 9.36. The molecule has 0 N–H and O–H groups in total. The summed E-state index contributed by atoms with van der Waals surface area (Å²) in [6.07, 6.45) is -2.82. The molecule has 0 bridgehead atoms. The van der Waals surface area contributed by atoms with E-state index in [0.717, 1.165) is 11.1 Å². The van der Waals surface area contributed by atoms with Crippen molar-refractivity contribution in [1.29, 1.82) is 0 Å². The van der Waals surface area contributed by atoms with Crippen LogP contribution in [0.4, 0.5) is 0 Å². The van der Waals surface area contributed by atoms with Gasteiger partial charge in [0.2, 0.25) is 0 Å². The molecule has 0 fully saturated rings. The summed E-state index contributed by atoms with van der Waals surface area (Å²) in [6, 6.07) is 34.6. The molecule has 2 nitrogen and oxygen atoms in total. The highest BCUT2D eigenvalue weighted by Crippen LogP contribution is 2.44. The third-order valence-electron chi connectivity index (χ3n) is 8.92. The zero-order valence-electron chi connectivity index (χ0n) is 39.0. The van der Waals surface area contributed by atoms with Crippen molar-refractivity contribution >= 4 is 32.6 Å². The lowest BCUT2D eigenvalue weighted by atomic mass is 9.85. The van der Waals surface area contributed by atoms with Gasteiger partial charge in [-0.1, -0.05) is 152 Å². The molecule has 0 saturated carbocycles. The second-order valence-electron chi connectivity index (χ2n) is 11.7. The van der Waals surface area contributed by atoms with Gasteiger partial charge in [0.05, 0.1) is 22.0 Å². The van der Waals surface area contributed by atoms with Gasteiger partial charge in [0.15, 0.2) is 0 Å². The number of benzene rings is 8. The monoisotopic (exact) mass is 639 g/mol. The van der Waals surface area contributed by atoms with Crippen LogP contribution in [0, 0.1) is 0 Å². The van der Waals surface area contributed by atoms with Gasteiger partial charge in [0.1, 0.15) is 5.82 Å². The van der Waals surface area contributed by atoms with Gasteiger partial charge in [-0.25, -0.2) is 4.98 Å². The molecule has 0 saturated heterocycles. The second-order valence-corrected chi connectivity index (χ2v) is 11.7. The first-order valence-electron chi connectivity index (χ1n) is 22.3. The van der Waals surface area contributed by atoms with Crippen molar-refractivity contribution in [2.75, 3.05) is 0 Å². The van der Waals surface area contributed by atoms with Crippen molar-refractivity contribution in [3.05, 3.63) is 182 Å². The van der Waals surface area contributed by atoms with Gasteiger partial charge in [0, 0.05) is 18.9 Å². The van der Waals surface area contributed by atoms with Crippen molar-refractivity contribution in [2.24, 2.45) is 0 Å². The minimum Gasteiger partial charge on any atom is -0.296 e. The van der Waals surface area contributed by atoms with Crippen LogP contribution in [0.5, 0.6) is 0 Å². The molecule has 0 spiro atoms. The Balaban J connectivity index is 1.32. The van der Waals surface area contributed by atoms with Crippen LogP contribution in [0.1, 0.15) is 30.5 Å². The molecule has 49 heavy (non-hydrogen) atoms. The summed E-state index contributed by atoms with van der Waals surface area (Å²) >= 11 is 0. The Morgan fingerprint density at radius 1 is 0.531 bits per heavy atom. The first kappa shape index (κ1) is 18.3. The van der Waals surface area contributed by atoms with Gasteiger partial charge in [0.25, 0.3) is 0 Å². The van der Waals surface area contributed by atoms with Gasteiger partial charge in [-0.15, -0.1) is 0 Å². The van der Waals surface area contributed by atoms with Gasteiger partial charge < -0.3 is 0 Å². The highest BCUT2D eigenvalue weighted by molar-refractivity contribution is 6.21. The number of hydrogen-bond acceptors (Lipinski definition) is 1. The van der Waals surface area contributed by atoms with Crippen molar-refractivity contribution in [3.8, 4) is 50.2 Å². The van der Waals surface area contributed by atoms with Gasteiger partial charge >= 0.3 is 0 Å². The topological polar surface area (TPSA) is 17.8 Å². The van der Waals surface area contributed by atoms with E-state index < -0.39 is 37.4 Å². The minimum absolute atomic E-state index is 0.0861. The Morgan fingerprint density at radius 2 is 1.06 bits per heavy atom. The maximum absolute atomic E-state index is 9.36. The number of aromatic nitrogens is 2. The number of hydrogen-bond donors (Lipinski definition) is 0. The number of imidazole rings is 1. The van der Waals surface area contributed by atoms with Crippen LogP contribution in [0.25, 0.3) is 82.8 Å². The largest absolute Gasteiger partial charge is 0.296 e. The van der Waals surface area contributed by atoms with E-state index in [1.165, 1.54) is 4.57 Å². The fourth-order valence-electron chi connectivity index (χ4n) is 6.71. The van der Waals surface area contributed by atoms with Crippen LogP contribution in [-0.2, 0) is 6.37 Å². The van der Waals surface area contributed by atoms with E-state index in [0.29, 0.717) is 39.0 Å². The third-order valence-corrected chi connectivity index (χ3v) is 8.92. The molecule has 0 aliphatic rings. The third kappa shape index (κ3) is 5.01. The molecule has 0 aliphatic heterocycles. The fourth-order valence-corrected chi connectivity index (χ4v) is 6.71. The van der Waals surface area contributed by atoms with E-state index in [2.05, 4.69) is 4.98 Å². The van der Waals surface area contributed by atoms with Crippen LogP contribution >= 0.6 is 0 Å². The summed E-state index contributed by atoms with van der Waals surface area (Å²) in [5.41, 5.74) is 5.78. The lowest BCUT2D eigenvalue weighted by Gasteiger charge is -2.18. The quantitative estimate of drug-likeness (QED) is 0.166. The van der Waals surface area contributed by atoms with Crippen LogP contribution in [0.15, 0.2) is 176 Å². The van der Waals surface area contributed by atoms with Gasteiger partial charge in [-0.3, -0.25) is 4.57 Å². The zero-order chi connectivity index (χ0) is 44.0. The minimum atomic E-state index is -3.03. The van der Waals surface area contributed by atoms with Gasteiger partial charge in [-0.05, 0) is 96.4 Å². The van der Waals surface area contributed by atoms with E-state index in [9.17, 15) is 5.48 Å². The van der Waals surface area contributed by atoms with Crippen molar-refractivity contribution < 1.29 is 17.8 Å². The Hall–Kier alpha value is -6.25. The summed E-state index contributed by atoms with van der Waals surface area (Å²) in [5.74, 6) is -0.291. The average molecular weight is 640 g/mol. The first-order chi connectivity index (χ1) is 29.5. The summed E-state index contributed by atoms with van der Waals surface area (Å²) < 4.78 is 115. The molecular weight excluding hydrogens is 593 g/mol. The Morgan fingerprint density at radius 3 is 1.76 bits per heavy atom. The number of aryl methyl sites for hydroxylation is 1. The number of fused-ring (bicyclic) bond motifs is 3. The molecule has 1 heterocycles. The molecule has 0 radical (unpaired) electrons. The fraction of sp³-hybridized carbons (Fsp3) is 0.0426. The summed E-state index contributed by atoms with van der Waals surface area (Å²) in [5, 5.41) is 0.379. The van der Waals surface area contributed by atoms with E-state index in [1.54, 1.807) is 72.8 Å². The summed E-state index contributed by atoms with van der Waals surface area (Å²) in [4.78, 5) is 4.45. The lowest BCUT2D eigenvalue weighted by Crippen LogP contribution is -2.00. The molecule has 0 atom stereocenters. The number of rotatable bonds is 6. The molecule has 2 heteroatoms. The van der Waals surface area contributed by atoms with Crippen molar-refractivity contribution in [2.45, 2.75) is 13.2 Å². The molecule has 0 aliphatic carbocycles. The number of para-hydroxylation sites is 2. The predicted molar refractivity (Wildman–Crippen MR) is 207 cm³/mol. The van der Waals surface area contributed by atoms with Crippen LogP contribution in [-0.4, -0.2) is 9.55 Å². The van der Waals surface area contributed by atoms with E-state index in [-0.39, 0.29) is 62.7 Å². The molecule has 0 amide bonds. The second kappa shape index (κ2) is 12.1. The Kier molecular flexibility index (Phi) is 4.52. The molecule has 0 unspecified atom stereocenters. The predicted octanol–water partition coefficient (Wildman–Crippen LogP) is 12.6. The normalized spacial score (nSPS) is 15.8. The molecule has 232 valence electrons. The zero-order valence-corrected chi connectivity index (χ0v) is 26.0.